The number of rotatable bonds is 4. The van der Waals surface area contributed by atoms with E-state index in [0.717, 1.165) is 17.0 Å². The van der Waals surface area contributed by atoms with E-state index in [9.17, 15) is 14.7 Å². The van der Waals surface area contributed by atoms with Crippen molar-refractivity contribution in [2.24, 2.45) is 7.05 Å². The molecule has 128 valence electrons. The number of amides is 1. The highest BCUT2D eigenvalue weighted by Crippen LogP contribution is 2.26. The molecule has 0 aliphatic carbocycles. The van der Waals surface area contributed by atoms with Gasteiger partial charge in [0, 0.05) is 18.0 Å². The lowest BCUT2D eigenvalue weighted by molar-refractivity contribution is 0.0696. The van der Waals surface area contributed by atoms with Crippen molar-refractivity contribution in [3.8, 4) is 5.75 Å². The van der Waals surface area contributed by atoms with Crippen LogP contribution in [-0.2, 0) is 13.6 Å². The second-order valence-corrected chi connectivity index (χ2v) is 5.87. The average molecular weight is 360 g/mol. The second kappa shape index (κ2) is 6.45. The molecule has 1 amide bonds. The summed E-state index contributed by atoms with van der Waals surface area (Å²) in [5.74, 6) is -2.05. The van der Waals surface area contributed by atoms with E-state index in [0.29, 0.717) is 10.7 Å². The summed E-state index contributed by atoms with van der Waals surface area (Å²) >= 11 is 6.22. The quantitative estimate of drug-likeness (QED) is 0.664. The number of benzene rings is 2. The number of hydrogen-bond acceptors (Lipinski definition) is 4. The molecule has 0 unspecified atom stereocenters. The maximum Gasteiger partial charge on any atom is 0.335 e. The molecule has 7 nitrogen and oxygen atoms in total. The molecule has 0 spiro atoms. The first kappa shape index (κ1) is 16.8. The van der Waals surface area contributed by atoms with Gasteiger partial charge in [-0.25, -0.2) is 4.79 Å². The largest absolute Gasteiger partial charge is 0.508 e. The lowest BCUT2D eigenvalue weighted by Crippen LogP contribution is -2.23. The Labute approximate surface area is 147 Å². The van der Waals surface area contributed by atoms with Gasteiger partial charge in [0.05, 0.1) is 28.3 Å². The van der Waals surface area contributed by atoms with E-state index in [-0.39, 0.29) is 23.4 Å². The number of aromatic hydroxyl groups is 1. The molecule has 2 aromatic carbocycles. The highest BCUT2D eigenvalue weighted by molar-refractivity contribution is 6.35. The van der Waals surface area contributed by atoms with Crippen molar-refractivity contribution >= 4 is 34.4 Å². The van der Waals surface area contributed by atoms with Crippen molar-refractivity contribution in [2.75, 3.05) is 0 Å². The highest BCUT2D eigenvalue weighted by Gasteiger charge is 2.15. The lowest BCUT2D eigenvalue weighted by Gasteiger charge is -2.06. The predicted molar refractivity (Wildman–Crippen MR) is 92.0 cm³/mol. The van der Waals surface area contributed by atoms with E-state index in [1.165, 1.54) is 12.1 Å². The monoisotopic (exact) mass is 359 g/mol. The maximum atomic E-state index is 12.3. The number of phenolic OH excluding ortho intramolecular Hbond substituents is 1. The Bertz CT molecular complexity index is 997. The number of carboxylic acid groups (broad SMARTS) is 1. The molecule has 8 heteroatoms. The molecule has 0 saturated carbocycles. The maximum absolute atomic E-state index is 12.3. The normalized spacial score (nSPS) is 10.8. The average Bonchev–Trinajstić information content (AvgIpc) is 2.89. The Morgan fingerprint density at radius 1 is 1.24 bits per heavy atom. The van der Waals surface area contributed by atoms with Crippen molar-refractivity contribution in [1.29, 1.82) is 0 Å². The van der Waals surface area contributed by atoms with Gasteiger partial charge < -0.3 is 15.5 Å². The number of carboxylic acids is 1. The Morgan fingerprint density at radius 2 is 1.96 bits per heavy atom. The van der Waals surface area contributed by atoms with Crippen molar-refractivity contribution in [3.63, 3.8) is 0 Å². The molecule has 0 bridgehead atoms. The molecule has 25 heavy (non-hydrogen) atoms. The fourth-order valence-corrected chi connectivity index (χ4v) is 2.89. The van der Waals surface area contributed by atoms with Crippen LogP contribution in [0.15, 0.2) is 36.4 Å². The molecule has 0 aliphatic rings. The summed E-state index contributed by atoms with van der Waals surface area (Å²) < 4.78 is 1.67. The fourth-order valence-electron chi connectivity index (χ4n) is 2.61. The van der Waals surface area contributed by atoms with Gasteiger partial charge in [0.1, 0.15) is 5.75 Å². The molecule has 0 saturated heterocycles. The molecule has 1 aromatic heterocycles. The van der Waals surface area contributed by atoms with Crippen LogP contribution >= 0.6 is 11.6 Å². The number of carbonyl (C=O) groups excluding carboxylic acids is 1. The SMILES string of the molecule is Cn1nc(CNC(=O)c2cc(O)cc(C(=O)O)c2)c2c(Cl)cccc21. The van der Waals surface area contributed by atoms with Crippen molar-refractivity contribution in [3.05, 3.63) is 58.2 Å². The van der Waals surface area contributed by atoms with Gasteiger partial charge in [0.15, 0.2) is 0 Å². The van der Waals surface area contributed by atoms with Crippen LogP contribution in [-0.4, -0.2) is 31.9 Å². The third-order valence-corrected chi connectivity index (χ3v) is 4.06. The summed E-state index contributed by atoms with van der Waals surface area (Å²) in [7, 11) is 1.78. The zero-order valence-electron chi connectivity index (χ0n) is 13.2. The topological polar surface area (TPSA) is 104 Å². The Balaban J connectivity index is 1.85. The van der Waals surface area contributed by atoms with Gasteiger partial charge in [0.25, 0.3) is 5.91 Å². The first-order valence-electron chi connectivity index (χ1n) is 7.32. The second-order valence-electron chi connectivity index (χ2n) is 5.46. The number of fused-ring (bicyclic) bond motifs is 1. The number of halogens is 1. The predicted octanol–water partition coefficient (Wildman–Crippen LogP) is 2.56. The zero-order valence-corrected chi connectivity index (χ0v) is 13.9. The zero-order chi connectivity index (χ0) is 18.1. The molecule has 3 aromatic rings. The van der Waals surface area contributed by atoms with E-state index < -0.39 is 11.9 Å². The number of aromatic nitrogens is 2. The van der Waals surface area contributed by atoms with Gasteiger partial charge in [-0.2, -0.15) is 5.10 Å². The molecule has 3 N–H and O–H groups in total. The molecular weight excluding hydrogens is 346 g/mol. The summed E-state index contributed by atoms with van der Waals surface area (Å²) in [4.78, 5) is 23.3. The standard InChI is InChI=1S/C17H14ClN3O4/c1-21-14-4-2-3-12(18)15(14)13(20-21)8-19-16(23)9-5-10(17(24)25)7-11(22)6-9/h2-7,22H,8H2,1H3,(H,19,23)(H,24,25). The number of aryl methyl sites for hydroxylation is 1. The van der Waals surface area contributed by atoms with Gasteiger partial charge in [-0.1, -0.05) is 17.7 Å². The van der Waals surface area contributed by atoms with Crippen LogP contribution < -0.4 is 5.32 Å². The minimum atomic E-state index is -1.23. The molecule has 1 heterocycles. The van der Waals surface area contributed by atoms with Gasteiger partial charge in [-0.15, -0.1) is 0 Å². The van der Waals surface area contributed by atoms with E-state index in [4.69, 9.17) is 16.7 Å². The summed E-state index contributed by atoms with van der Waals surface area (Å²) in [6.45, 7) is 0.109. The summed E-state index contributed by atoms with van der Waals surface area (Å²) in [6.07, 6.45) is 0. The molecule has 0 atom stereocenters. The minimum Gasteiger partial charge on any atom is -0.508 e. The van der Waals surface area contributed by atoms with Crippen LogP contribution in [0, 0.1) is 0 Å². The lowest BCUT2D eigenvalue weighted by atomic mass is 10.1. The van der Waals surface area contributed by atoms with Crippen LogP contribution in [0.25, 0.3) is 10.9 Å². The van der Waals surface area contributed by atoms with E-state index in [1.807, 2.05) is 12.1 Å². The number of hydrogen-bond donors (Lipinski definition) is 3. The number of aromatic carboxylic acids is 1. The summed E-state index contributed by atoms with van der Waals surface area (Å²) in [5.41, 5.74) is 1.30. The van der Waals surface area contributed by atoms with Crippen LogP contribution in [0.1, 0.15) is 26.4 Å². The van der Waals surface area contributed by atoms with Gasteiger partial charge in [-0.3, -0.25) is 9.48 Å². The number of nitrogens with one attached hydrogen (secondary N) is 1. The van der Waals surface area contributed by atoms with Crippen molar-refractivity contribution < 1.29 is 19.8 Å². The molecule has 0 radical (unpaired) electrons. The van der Waals surface area contributed by atoms with Gasteiger partial charge in [-0.05, 0) is 30.3 Å². The third-order valence-electron chi connectivity index (χ3n) is 3.74. The van der Waals surface area contributed by atoms with Crippen LogP contribution in [0.5, 0.6) is 5.75 Å². The summed E-state index contributed by atoms with van der Waals surface area (Å²) in [6, 6.07) is 8.89. The smallest absolute Gasteiger partial charge is 0.335 e. The minimum absolute atomic E-state index is 0.0451. The van der Waals surface area contributed by atoms with Gasteiger partial charge >= 0.3 is 5.97 Å². The molecular formula is C17H14ClN3O4. The van der Waals surface area contributed by atoms with Crippen molar-refractivity contribution in [1.82, 2.24) is 15.1 Å². The van der Waals surface area contributed by atoms with E-state index >= 15 is 0 Å². The Hall–Kier alpha value is -3.06. The Kier molecular flexibility index (Phi) is 4.33. The van der Waals surface area contributed by atoms with Crippen LogP contribution in [0.4, 0.5) is 0 Å². The number of carbonyl (C=O) groups is 2. The number of phenols is 1. The molecule has 0 fully saturated rings. The van der Waals surface area contributed by atoms with Gasteiger partial charge in [0.2, 0.25) is 0 Å². The summed E-state index contributed by atoms with van der Waals surface area (Å²) in [5, 5.41) is 26.9. The highest BCUT2D eigenvalue weighted by atomic mass is 35.5. The van der Waals surface area contributed by atoms with Crippen LogP contribution in [0.2, 0.25) is 5.02 Å². The van der Waals surface area contributed by atoms with Crippen LogP contribution in [0.3, 0.4) is 0 Å². The van der Waals surface area contributed by atoms with E-state index in [1.54, 1.807) is 17.8 Å². The fraction of sp³-hybridized carbons (Fsp3) is 0.118. The Morgan fingerprint density at radius 3 is 2.68 bits per heavy atom. The van der Waals surface area contributed by atoms with E-state index in [2.05, 4.69) is 10.4 Å². The number of nitrogens with zero attached hydrogens (tertiary/aromatic N) is 2. The molecule has 3 rings (SSSR count). The first-order valence-corrected chi connectivity index (χ1v) is 7.70. The first-order chi connectivity index (χ1) is 11.9. The third kappa shape index (κ3) is 3.27. The van der Waals surface area contributed by atoms with Crippen molar-refractivity contribution in [2.45, 2.75) is 6.54 Å². The molecule has 0 aliphatic heterocycles.